The SMILES string of the molecule is c1ccc2cc(-c3nc(-c4ccc5oc6cc(-n7c8ccccc8c8cc9ccccc9cc87)c7ccccc7c6c5c4)nc(-c4cccc5c4sc4ccccc45)n3)ccc2c1. The Labute approximate surface area is 363 Å². The lowest BCUT2D eigenvalue weighted by atomic mass is 10.0. The number of hydrogen-bond donors (Lipinski definition) is 0. The number of thiophene rings is 1. The van der Waals surface area contributed by atoms with Crippen molar-refractivity contribution in [2.45, 2.75) is 0 Å². The van der Waals surface area contributed by atoms with Crippen LogP contribution in [0.15, 0.2) is 199 Å². The molecule has 10 aromatic carbocycles. The number of rotatable bonds is 4. The molecule has 0 aliphatic carbocycles. The van der Waals surface area contributed by atoms with Crippen molar-refractivity contribution in [1.82, 2.24) is 19.5 Å². The van der Waals surface area contributed by atoms with E-state index >= 15 is 0 Å². The molecule has 0 amide bonds. The van der Waals surface area contributed by atoms with Gasteiger partial charge in [-0.25, -0.2) is 15.0 Å². The van der Waals surface area contributed by atoms with E-state index in [-0.39, 0.29) is 0 Å². The first-order valence-electron chi connectivity index (χ1n) is 21.2. The lowest BCUT2D eigenvalue weighted by molar-refractivity contribution is 0.669. The normalized spacial score (nSPS) is 12.1. The minimum absolute atomic E-state index is 0.607. The summed E-state index contributed by atoms with van der Waals surface area (Å²) in [5.74, 6) is 1.88. The van der Waals surface area contributed by atoms with Crippen LogP contribution >= 0.6 is 11.3 Å². The fourth-order valence-corrected chi connectivity index (χ4v) is 11.1. The molecule has 0 bridgehead atoms. The first-order chi connectivity index (χ1) is 31.2. The summed E-state index contributed by atoms with van der Waals surface area (Å²) in [5, 5.41) is 14.0. The van der Waals surface area contributed by atoms with E-state index in [9.17, 15) is 0 Å². The molecular weight excluding hydrogens is 789 g/mol. The summed E-state index contributed by atoms with van der Waals surface area (Å²) in [6, 6.07) is 69.1. The van der Waals surface area contributed by atoms with E-state index < -0.39 is 0 Å². The van der Waals surface area contributed by atoms with E-state index in [4.69, 9.17) is 19.4 Å². The van der Waals surface area contributed by atoms with Gasteiger partial charge in [-0.1, -0.05) is 133 Å². The second kappa shape index (κ2) is 13.2. The Morgan fingerprint density at radius 1 is 0.381 bits per heavy atom. The van der Waals surface area contributed by atoms with Crippen LogP contribution in [-0.4, -0.2) is 19.5 Å². The molecule has 292 valence electrons. The van der Waals surface area contributed by atoms with Crippen LogP contribution in [-0.2, 0) is 0 Å². The summed E-state index contributed by atoms with van der Waals surface area (Å²) >= 11 is 1.78. The van der Waals surface area contributed by atoms with E-state index in [1.165, 1.54) is 42.4 Å². The van der Waals surface area contributed by atoms with Crippen molar-refractivity contribution in [3.63, 3.8) is 0 Å². The monoisotopic (exact) mass is 820 g/mol. The summed E-state index contributed by atoms with van der Waals surface area (Å²) in [5.41, 5.74) is 7.86. The third kappa shape index (κ3) is 5.19. The van der Waals surface area contributed by atoms with Crippen LogP contribution in [0, 0.1) is 0 Å². The topological polar surface area (TPSA) is 56.7 Å². The van der Waals surface area contributed by atoms with Gasteiger partial charge in [-0.3, -0.25) is 0 Å². The predicted molar refractivity (Wildman–Crippen MR) is 263 cm³/mol. The maximum Gasteiger partial charge on any atom is 0.165 e. The Morgan fingerprint density at radius 2 is 1.02 bits per heavy atom. The van der Waals surface area contributed by atoms with Gasteiger partial charge in [0.2, 0.25) is 0 Å². The molecule has 0 saturated carbocycles. The van der Waals surface area contributed by atoms with Crippen molar-refractivity contribution >= 4 is 108 Å². The van der Waals surface area contributed by atoms with Crippen LogP contribution in [0.1, 0.15) is 0 Å². The predicted octanol–water partition coefficient (Wildman–Crippen LogP) is 15.7. The van der Waals surface area contributed by atoms with Crippen LogP contribution < -0.4 is 0 Å². The average molecular weight is 821 g/mol. The molecule has 4 aromatic heterocycles. The van der Waals surface area contributed by atoms with Crippen molar-refractivity contribution in [2.75, 3.05) is 0 Å². The smallest absolute Gasteiger partial charge is 0.165 e. The summed E-state index contributed by atoms with van der Waals surface area (Å²) in [4.78, 5) is 15.8. The van der Waals surface area contributed by atoms with E-state index in [1.54, 1.807) is 11.3 Å². The largest absolute Gasteiger partial charge is 0.456 e. The van der Waals surface area contributed by atoms with Gasteiger partial charge in [0.05, 0.1) is 16.7 Å². The number of para-hydroxylation sites is 1. The summed E-state index contributed by atoms with van der Waals surface area (Å²) < 4.78 is 11.6. The van der Waals surface area contributed by atoms with Crippen molar-refractivity contribution in [2.24, 2.45) is 0 Å². The second-order valence-electron chi connectivity index (χ2n) is 16.3. The van der Waals surface area contributed by atoms with Gasteiger partial charge in [-0.15, -0.1) is 11.3 Å². The third-order valence-electron chi connectivity index (χ3n) is 12.8. The molecule has 0 fully saturated rings. The number of aromatic nitrogens is 4. The molecule has 0 N–H and O–H groups in total. The first-order valence-corrected chi connectivity index (χ1v) is 22.0. The van der Waals surface area contributed by atoms with Crippen molar-refractivity contribution in [1.29, 1.82) is 0 Å². The van der Waals surface area contributed by atoms with Gasteiger partial charge in [0.25, 0.3) is 0 Å². The van der Waals surface area contributed by atoms with Gasteiger partial charge in [0.15, 0.2) is 17.5 Å². The minimum Gasteiger partial charge on any atom is -0.456 e. The Hall–Kier alpha value is -8.19. The molecule has 0 saturated heterocycles. The summed E-state index contributed by atoms with van der Waals surface area (Å²) in [6.07, 6.45) is 0. The quantitative estimate of drug-likeness (QED) is 0.177. The molecule has 0 unspecified atom stereocenters. The van der Waals surface area contributed by atoms with Crippen LogP contribution in [0.25, 0.3) is 136 Å². The maximum absolute atomic E-state index is 6.82. The minimum atomic E-state index is 0.607. The Balaban J connectivity index is 0.999. The molecular formula is C57H32N4OS. The zero-order valence-electron chi connectivity index (χ0n) is 33.6. The molecule has 63 heavy (non-hydrogen) atoms. The van der Waals surface area contributed by atoms with Crippen molar-refractivity contribution in [3.8, 4) is 39.9 Å². The standard InChI is InChI=1S/C57H32N4OS/c1-2-13-34-28-37(25-24-33(34)12-1)55-58-56(60-57(59-55)44-21-11-20-43-41-18-8-10-23-52(41)63-54(43)44)38-26-27-50-46(30-38)53-42-19-6-5-16-39(42)49(32-51(53)62-50)61-47-22-9-7-17-40(47)45-29-35-14-3-4-15-36(35)31-48(45)61/h1-32H. The van der Waals surface area contributed by atoms with Gasteiger partial charge in [-0.2, -0.15) is 0 Å². The molecule has 5 nitrogen and oxygen atoms in total. The Kier molecular flexibility index (Phi) is 7.21. The second-order valence-corrected chi connectivity index (χ2v) is 17.4. The Bertz CT molecular complexity index is 4230. The van der Waals surface area contributed by atoms with Gasteiger partial charge < -0.3 is 8.98 Å². The number of fused-ring (bicyclic) bond motifs is 13. The fourth-order valence-electron chi connectivity index (χ4n) is 9.87. The van der Waals surface area contributed by atoms with Crippen LogP contribution in [0.4, 0.5) is 0 Å². The van der Waals surface area contributed by atoms with Crippen molar-refractivity contribution in [3.05, 3.63) is 194 Å². The van der Waals surface area contributed by atoms with Gasteiger partial charge in [0, 0.05) is 69.9 Å². The van der Waals surface area contributed by atoms with E-state index in [0.29, 0.717) is 17.5 Å². The fraction of sp³-hybridized carbons (Fsp3) is 0. The van der Waals surface area contributed by atoms with Gasteiger partial charge in [0.1, 0.15) is 11.2 Å². The van der Waals surface area contributed by atoms with E-state index in [1.807, 2.05) is 0 Å². The lowest BCUT2D eigenvalue weighted by Crippen LogP contribution is -2.00. The number of benzene rings is 10. The average Bonchev–Trinajstić information content (AvgIpc) is 4.02. The molecule has 14 aromatic rings. The zero-order chi connectivity index (χ0) is 41.2. The summed E-state index contributed by atoms with van der Waals surface area (Å²) in [6.45, 7) is 0. The molecule has 0 atom stereocenters. The molecule has 0 aliphatic heterocycles. The van der Waals surface area contributed by atoms with Crippen LogP contribution in [0.3, 0.4) is 0 Å². The van der Waals surface area contributed by atoms with Crippen LogP contribution in [0.2, 0.25) is 0 Å². The highest BCUT2D eigenvalue weighted by Gasteiger charge is 2.21. The van der Waals surface area contributed by atoms with Gasteiger partial charge in [-0.05, 0) is 81.5 Å². The molecule has 14 rings (SSSR count). The van der Waals surface area contributed by atoms with E-state index in [0.717, 1.165) is 76.2 Å². The van der Waals surface area contributed by atoms with E-state index in [2.05, 4.69) is 199 Å². The molecule has 0 spiro atoms. The highest BCUT2D eigenvalue weighted by Crippen LogP contribution is 2.44. The number of hydrogen-bond acceptors (Lipinski definition) is 5. The molecule has 0 radical (unpaired) electrons. The van der Waals surface area contributed by atoms with Crippen molar-refractivity contribution < 1.29 is 4.42 Å². The first kappa shape index (κ1) is 34.5. The zero-order valence-corrected chi connectivity index (χ0v) is 34.4. The molecule has 0 aliphatic rings. The molecule has 4 heterocycles. The van der Waals surface area contributed by atoms with Gasteiger partial charge >= 0.3 is 0 Å². The maximum atomic E-state index is 6.82. The van der Waals surface area contributed by atoms with Crippen LogP contribution in [0.5, 0.6) is 0 Å². The summed E-state index contributed by atoms with van der Waals surface area (Å²) in [7, 11) is 0. The highest BCUT2D eigenvalue weighted by molar-refractivity contribution is 7.26. The molecule has 6 heteroatoms. The third-order valence-corrected chi connectivity index (χ3v) is 14.0. The highest BCUT2D eigenvalue weighted by atomic mass is 32.1. The lowest BCUT2D eigenvalue weighted by Gasteiger charge is -2.13. The number of furan rings is 1. The Morgan fingerprint density at radius 3 is 1.86 bits per heavy atom. The number of nitrogens with zero attached hydrogens (tertiary/aromatic N) is 4.